The van der Waals surface area contributed by atoms with Gasteiger partial charge in [-0.1, -0.05) is 219 Å². The number of rotatable bonds is 53. The highest BCUT2D eigenvalue weighted by atomic mass is 31.2. The highest BCUT2D eigenvalue weighted by molar-refractivity contribution is 7.45. The number of carbonyl (C=O) groups excluding carboxylic acids is 2. The van der Waals surface area contributed by atoms with Gasteiger partial charge < -0.3 is 28.5 Å². The third-order valence-electron chi connectivity index (χ3n) is 12.6. The zero-order valence-corrected chi connectivity index (χ0v) is 50.8. The number of carbonyl (C=O) groups is 2. The van der Waals surface area contributed by atoms with Crippen molar-refractivity contribution >= 4 is 19.7 Å². The monoisotopic (exact) mass is 1090 g/mol. The Morgan fingerprint density at radius 3 is 1.29 bits per heavy atom. The van der Waals surface area contributed by atoms with Crippen LogP contribution in [0.15, 0.2) is 134 Å². The number of esters is 1. The lowest BCUT2D eigenvalue weighted by Crippen LogP contribution is -2.47. The molecule has 0 radical (unpaired) electrons. The number of phosphoric acid groups is 1. The summed E-state index contributed by atoms with van der Waals surface area (Å²) in [5.74, 6) is -0.640. The van der Waals surface area contributed by atoms with Crippen LogP contribution in [0.1, 0.15) is 226 Å². The molecule has 0 saturated carbocycles. The first-order chi connectivity index (χ1) is 37.4. The number of allylic oxidation sites excluding steroid dienone is 21. The maximum Gasteiger partial charge on any atom is 0.306 e. The molecule has 0 saturated heterocycles. The zero-order chi connectivity index (χ0) is 56.4. The van der Waals surface area contributed by atoms with Crippen molar-refractivity contribution in [2.24, 2.45) is 0 Å². The number of amides is 1. The molecule has 0 aliphatic rings. The fourth-order valence-electron chi connectivity index (χ4n) is 7.86. The Bertz CT molecular complexity index is 1780. The SMILES string of the molecule is CC/C=C\C/C=C\C/C=C\C/C=C\C/C=C\C/C=C\CCCCC(=O)NC(COP(=O)([O-])OCC[N+](C)(C)C)C(/C=C/CCCCCCCCCCC)OC(=O)CCCCC/C=C\C/C=C\C/C=C\C/C=C\CCCCC. The minimum Gasteiger partial charge on any atom is -0.756 e. The predicted octanol–water partition coefficient (Wildman–Crippen LogP) is 18.3. The summed E-state index contributed by atoms with van der Waals surface area (Å²) < 4.78 is 30.2. The van der Waals surface area contributed by atoms with Gasteiger partial charge in [-0.05, 0) is 128 Å². The maximum atomic E-state index is 13.5. The number of hydrogen-bond donors (Lipinski definition) is 1. The van der Waals surface area contributed by atoms with Crippen molar-refractivity contribution in [1.82, 2.24) is 5.32 Å². The van der Waals surface area contributed by atoms with Gasteiger partial charge in [-0.2, -0.15) is 0 Å². The second kappa shape index (κ2) is 55.5. The van der Waals surface area contributed by atoms with E-state index in [1.54, 1.807) is 6.08 Å². The van der Waals surface area contributed by atoms with E-state index in [0.717, 1.165) is 109 Å². The van der Waals surface area contributed by atoms with Crippen molar-refractivity contribution in [3.05, 3.63) is 134 Å². The Kier molecular flexibility index (Phi) is 52.7. The number of nitrogens with zero attached hydrogens (tertiary/aromatic N) is 1. The van der Waals surface area contributed by atoms with Gasteiger partial charge in [-0.15, -0.1) is 0 Å². The normalized spacial score (nSPS) is 14.6. The molecule has 3 atom stereocenters. The van der Waals surface area contributed by atoms with Crippen molar-refractivity contribution in [2.75, 3.05) is 40.9 Å². The third-order valence-corrected chi connectivity index (χ3v) is 13.5. The van der Waals surface area contributed by atoms with Gasteiger partial charge in [0.2, 0.25) is 5.91 Å². The van der Waals surface area contributed by atoms with Crippen LogP contribution in [0.3, 0.4) is 0 Å². The number of phosphoric ester groups is 1. The van der Waals surface area contributed by atoms with Crippen LogP contribution in [-0.2, 0) is 27.9 Å². The molecule has 0 aromatic rings. The van der Waals surface area contributed by atoms with E-state index in [4.69, 9.17) is 13.8 Å². The molecular formula is C67H113N2O7P. The highest BCUT2D eigenvalue weighted by Gasteiger charge is 2.27. The maximum absolute atomic E-state index is 13.5. The topological polar surface area (TPSA) is 114 Å². The summed E-state index contributed by atoms with van der Waals surface area (Å²) in [4.78, 5) is 39.9. The molecule has 77 heavy (non-hydrogen) atoms. The van der Waals surface area contributed by atoms with Crippen LogP contribution in [0.25, 0.3) is 0 Å². The molecule has 0 aromatic heterocycles. The van der Waals surface area contributed by atoms with E-state index in [0.29, 0.717) is 23.9 Å². The lowest BCUT2D eigenvalue weighted by molar-refractivity contribution is -0.870. The molecule has 1 N–H and O–H groups in total. The van der Waals surface area contributed by atoms with Gasteiger partial charge in [0.25, 0.3) is 7.82 Å². The molecule has 0 heterocycles. The molecule has 0 aromatic carbocycles. The average Bonchev–Trinajstić information content (AvgIpc) is 3.39. The van der Waals surface area contributed by atoms with Crippen molar-refractivity contribution in [3.63, 3.8) is 0 Å². The Balaban J connectivity index is 5.40. The number of nitrogens with one attached hydrogen (secondary N) is 1. The molecule has 9 nitrogen and oxygen atoms in total. The van der Waals surface area contributed by atoms with Crippen molar-refractivity contribution in [1.29, 1.82) is 0 Å². The number of unbranched alkanes of at least 4 members (excludes halogenated alkanes) is 17. The highest BCUT2D eigenvalue weighted by Crippen LogP contribution is 2.38. The summed E-state index contributed by atoms with van der Waals surface area (Å²) in [6.07, 6.45) is 78.5. The number of quaternary nitrogens is 1. The average molecular weight is 1090 g/mol. The summed E-state index contributed by atoms with van der Waals surface area (Å²) in [5, 5.41) is 2.99. The molecule has 0 spiro atoms. The molecule has 10 heteroatoms. The van der Waals surface area contributed by atoms with Gasteiger partial charge in [0.1, 0.15) is 19.3 Å². The molecule has 0 bridgehead atoms. The fourth-order valence-corrected chi connectivity index (χ4v) is 8.58. The van der Waals surface area contributed by atoms with E-state index in [2.05, 4.69) is 148 Å². The second-order valence-corrected chi connectivity index (χ2v) is 22.5. The van der Waals surface area contributed by atoms with E-state index in [-0.39, 0.29) is 31.3 Å². The predicted molar refractivity (Wildman–Crippen MR) is 330 cm³/mol. The van der Waals surface area contributed by atoms with Crippen LogP contribution in [0.4, 0.5) is 0 Å². The van der Waals surface area contributed by atoms with E-state index in [9.17, 15) is 19.0 Å². The Morgan fingerprint density at radius 2 is 0.831 bits per heavy atom. The smallest absolute Gasteiger partial charge is 0.306 e. The Morgan fingerprint density at radius 1 is 0.468 bits per heavy atom. The largest absolute Gasteiger partial charge is 0.756 e. The molecule has 438 valence electrons. The van der Waals surface area contributed by atoms with Gasteiger partial charge in [0.05, 0.1) is 33.8 Å². The Hall–Kier alpha value is -3.85. The van der Waals surface area contributed by atoms with Crippen molar-refractivity contribution in [2.45, 2.75) is 238 Å². The number of likely N-dealkylation sites (N-methyl/N-ethyl adjacent to an activating group) is 1. The third kappa shape index (κ3) is 56.7. The van der Waals surface area contributed by atoms with E-state index in [1.807, 2.05) is 27.2 Å². The summed E-state index contributed by atoms with van der Waals surface area (Å²) in [6.45, 7) is 6.61. The van der Waals surface area contributed by atoms with Crippen LogP contribution < -0.4 is 10.2 Å². The summed E-state index contributed by atoms with van der Waals surface area (Å²) in [7, 11) is 1.11. The van der Waals surface area contributed by atoms with Crippen LogP contribution in [0.5, 0.6) is 0 Å². The van der Waals surface area contributed by atoms with Gasteiger partial charge in [0, 0.05) is 12.8 Å². The van der Waals surface area contributed by atoms with Gasteiger partial charge in [-0.25, -0.2) is 0 Å². The molecule has 0 aliphatic heterocycles. The first-order valence-electron chi connectivity index (χ1n) is 30.5. The van der Waals surface area contributed by atoms with Gasteiger partial charge >= 0.3 is 5.97 Å². The minimum atomic E-state index is -4.73. The standard InChI is InChI=1S/C67H113N2O7P/c1-7-10-13-16-19-22-25-27-29-31-33-34-36-37-39-41-44-47-50-53-56-59-66(70)68-64(63-75-77(72,73)74-62-61-69(4,5)6)65(58-55-52-49-46-43-24-21-18-15-12-9-3)76-67(71)60-57-54-51-48-45-42-40-38-35-32-30-28-26-23-20-17-14-11-8-2/h10,13,19-20,22-23,27-30,33-35,37-39,42,44-45,47,55,58,64-65H,7-9,11-12,14-18,21,24-26,31-32,36,40-41,43,46,48-54,56-57,59-63H2,1-6H3,(H-,68,70,72,73)/b13-10-,22-19-,23-20-,29-27-,30-28-,34-33-,38-35-,39-37-,45-42-,47-44-,58-55+. The van der Waals surface area contributed by atoms with Crippen molar-refractivity contribution < 1.29 is 37.3 Å². The number of hydrogen-bond acceptors (Lipinski definition) is 7. The summed E-state index contributed by atoms with van der Waals surface area (Å²) in [6, 6.07) is -0.934. The zero-order valence-electron chi connectivity index (χ0n) is 49.9. The first-order valence-corrected chi connectivity index (χ1v) is 32.0. The van der Waals surface area contributed by atoms with Crippen molar-refractivity contribution in [3.8, 4) is 0 Å². The molecule has 1 amide bonds. The molecule has 0 rings (SSSR count). The lowest BCUT2D eigenvalue weighted by Gasteiger charge is -2.30. The summed E-state index contributed by atoms with van der Waals surface area (Å²) >= 11 is 0. The first kappa shape index (κ1) is 73.2. The Labute approximate surface area is 473 Å². The van der Waals surface area contributed by atoms with Crippen LogP contribution in [0, 0.1) is 0 Å². The van der Waals surface area contributed by atoms with Crippen LogP contribution >= 0.6 is 7.82 Å². The van der Waals surface area contributed by atoms with E-state index >= 15 is 0 Å². The van der Waals surface area contributed by atoms with Crippen LogP contribution in [-0.4, -0.2) is 69.4 Å². The summed E-state index contributed by atoms with van der Waals surface area (Å²) in [5.41, 5.74) is 0. The van der Waals surface area contributed by atoms with E-state index < -0.39 is 26.6 Å². The molecule has 0 aliphatic carbocycles. The lowest BCUT2D eigenvalue weighted by atomic mass is 10.1. The van der Waals surface area contributed by atoms with Gasteiger partial charge in [0.15, 0.2) is 0 Å². The fraction of sp³-hybridized carbons (Fsp3) is 0.642. The molecule has 0 fully saturated rings. The molecular weight excluding hydrogens is 976 g/mol. The number of ether oxygens (including phenoxy) is 1. The van der Waals surface area contributed by atoms with Gasteiger partial charge in [-0.3, -0.25) is 14.2 Å². The minimum absolute atomic E-state index is 0.0441. The van der Waals surface area contributed by atoms with Crippen LogP contribution in [0.2, 0.25) is 0 Å². The second-order valence-electron chi connectivity index (χ2n) is 21.1. The molecule has 3 unspecified atom stereocenters. The van der Waals surface area contributed by atoms with E-state index in [1.165, 1.54) is 70.6 Å². The quantitative estimate of drug-likeness (QED) is 0.0212.